The maximum atomic E-state index is 12.9. The minimum atomic E-state index is -4.59. The number of hydrogen-bond acceptors (Lipinski definition) is 6. The Morgan fingerprint density at radius 2 is 2.00 bits per heavy atom. The van der Waals surface area contributed by atoms with E-state index in [1.165, 1.54) is 12.1 Å². The van der Waals surface area contributed by atoms with Gasteiger partial charge in [-0.1, -0.05) is 36.7 Å². The molecule has 0 atom stereocenters. The molecule has 1 aromatic heterocycles. The zero-order chi connectivity index (χ0) is 17.9. The van der Waals surface area contributed by atoms with E-state index in [0.717, 1.165) is 49.6 Å². The number of tetrazole rings is 1. The Morgan fingerprint density at radius 1 is 1.28 bits per heavy atom. The average molecular weight is 372 g/mol. The number of halogens is 3. The van der Waals surface area contributed by atoms with E-state index in [-0.39, 0.29) is 11.8 Å². The fourth-order valence-electron chi connectivity index (χ4n) is 2.72. The van der Waals surface area contributed by atoms with Crippen LogP contribution in [0.1, 0.15) is 37.3 Å². The van der Waals surface area contributed by atoms with Crippen molar-refractivity contribution in [3.8, 4) is 5.75 Å². The van der Waals surface area contributed by atoms with Crippen molar-refractivity contribution in [2.24, 2.45) is 0 Å². The summed E-state index contributed by atoms with van der Waals surface area (Å²) in [6, 6.07) is 4.82. The molecule has 0 amide bonds. The summed E-state index contributed by atoms with van der Waals surface area (Å²) in [4.78, 5) is 11.9. The molecule has 1 heterocycles. The number of ether oxygens (including phenoxy) is 1. The molecule has 1 aliphatic carbocycles. The lowest BCUT2D eigenvalue weighted by Crippen LogP contribution is -2.16. The Hall–Kier alpha value is -2.10. The highest BCUT2D eigenvalue weighted by Gasteiger charge is 2.34. The summed E-state index contributed by atoms with van der Waals surface area (Å²) < 4.78 is 45.3. The van der Waals surface area contributed by atoms with E-state index in [0.29, 0.717) is 5.16 Å². The molecule has 0 N–H and O–H groups in total. The van der Waals surface area contributed by atoms with Crippen molar-refractivity contribution >= 4 is 17.7 Å². The average Bonchev–Trinajstić information content (AvgIpc) is 3.23. The molecule has 0 bridgehead atoms. The van der Waals surface area contributed by atoms with Crippen molar-refractivity contribution in [1.29, 1.82) is 0 Å². The first-order chi connectivity index (χ1) is 11.9. The van der Waals surface area contributed by atoms with Crippen molar-refractivity contribution in [1.82, 2.24) is 20.2 Å². The molecule has 25 heavy (non-hydrogen) atoms. The molecule has 0 unspecified atom stereocenters. The molecule has 134 valence electrons. The largest absolute Gasteiger partial charge is 0.425 e. The molecule has 6 nitrogen and oxygen atoms in total. The van der Waals surface area contributed by atoms with Gasteiger partial charge in [0.15, 0.2) is 0 Å². The zero-order valence-electron chi connectivity index (χ0n) is 13.1. The van der Waals surface area contributed by atoms with Crippen molar-refractivity contribution < 1.29 is 22.7 Å². The topological polar surface area (TPSA) is 69.9 Å². The Morgan fingerprint density at radius 3 is 2.72 bits per heavy atom. The van der Waals surface area contributed by atoms with Crippen molar-refractivity contribution in [3.05, 3.63) is 29.8 Å². The minimum Gasteiger partial charge on any atom is -0.425 e. The van der Waals surface area contributed by atoms with Crippen molar-refractivity contribution in [2.75, 3.05) is 5.75 Å². The molecule has 3 rings (SSSR count). The number of nitrogens with zero attached hydrogens (tertiary/aromatic N) is 4. The fourth-order valence-corrected chi connectivity index (χ4v) is 3.44. The molecule has 2 aromatic rings. The highest BCUT2D eigenvalue weighted by atomic mass is 32.2. The minimum absolute atomic E-state index is 0.181. The molecule has 0 spiro atoms. The van der Waals surface area contributed by atoms with Crippen molar-refractivity contribution in [3.63, 3.8) is 0 Å². The highest BCUT2D eigenvalue weighted by molar-refractivity contribution is 7.99. The van der Waals surface area contributed by atoms with Gasteiger partial charge in [-0.2, -0.15) is 13.2 Å². The lowest BCUT2D eigenvalue weighted by molar-refractivity contribution is -0.141. The van der Waals surface area contributed by atoms with E-state index < -0.39 is 23.5 Å². The van der Waals surface area contributed by atoms with Crippen LogP contribution in [0.2, 0.25) is 0 Å². The molecular formula is C15H15F3N4O2S. The summed E-state index contributed by atoms with van der Waals surface area (Å²) in [5.41, 5.74) is -0.982. The summed E-state index contributed by atoms with van der Waals surface area (Å²) >= 11 is 1.05. The smallest absolute Gasteiger partial charge is 0.419 e. The van der Waals surface area contributed by atoms with Gasteiger partial charge in [-0.15, -0.1) is 5.10 Å². The molecule has 0 aliphatic heterocycles. The number of alkyl halides is 3. The number of rotatable bonds is 5. The van der Waals surface area contributed by atoms with E-state index in [1.807, 2.05) is 0 Å². The van der Waals surface area contributed by atoms with Crippen LogP contribution in [0, 0.1) is 0 Å². The van der Waals surface area contributed by atoms with Gasteiger partial charge in [-0.25, -0.2) is 4.68 Å². The van der Waals surface area contributed by atoms with Crippen LogP contribution in [-0.4, -0.2) is 31.9 Å². The van der Waals surface area contributed by atoms with Crippen LogP contribution < -0.4 is 4.74 Å². The molecule has 1 saturated carbocycles. The highest BCUT2D eigenvalue weighted by Crippen LogP contribution is 2.36. The van der Waals surface area contributed by atoms with Gasteiger partial charge in [0, 0.05) is 0 Å². The van der Waals surface area contributed by atoms with E-state index >= 15 is 0 Å². The fraction of sp³-hybridized carbons (Fsp3) is 0.467. The summed E-state index contributed by atoms with van der Waals surface area (Å²) in [7, 11) is 0. The quantitative estimate of drug-likeness (QED) is 0.455. The maximum absolute atomic E-state index is 12.9. The number of esters is 1. The summed E-state index contributed by atoms with van der Waals surface area (Å²) in [5, 5.41) is 11.9. The van der Waals surface area contributed by atoms with Crippen LogP contribution in [-0.2, 0) is 11.0 Å². The molecule has 1 aliphatic rings. The van der Waals surface area contributed by atoms with Gasteiger partial charge in [-0.3, -0.25) is 4.79 Å². The first kappa shape index (κ1) is 17.7. The molecule has 1 aromatic carbocycles. The number of para-hydroxylation sites is 1. The monoisotopic (exact) mass is 372 g/mol. The van der Waals surface area contributed by atoms with Gasteiger partial charge in [0.05, 0.1) is 17.4 Å². The Kier molecular flexibility index (Phi) is 5.26. The van der Waals surface area contributed by atoms with Crippen LogP contribution in [0.4, 0.5) is 13.2 Å². The van der Waals surface area contributed by atoms with Gasteiger partial charge < -0.3 is 4.74 Å². The second-order valence-corrected chi connectivity index (χ2v) is 6.54. The van der Waals surface area contributed by atoms with E-state index in [2.05, 4.69) is 15.5 Å². The molecular weight excluding hydrogens is 357 g/mol. The molecule has 0 radical (unpaired) electrons. The Labute approximate surface area is 145 Å². The van der Waals surface area contributed by atoms with Crippen LogP contribution >= 0.6 is 11.8 Å². The Bertz CT molecular complexity index is 744. The number of benzene rings is 1. The zero-order valence-corrected chi connectivity index (χ0v) is 13.9. The number of hydrogen-bond donors (Lipinski definition) is 0. The second kappa shape index (κ2) is 7.42. The molecule has 0 saturated heterocycles. The maximum Gasteiger partial charge on any atom is 0.419 e. The van der Waals surface area contributed by atoms with Crippen molar-refractivity contribution in [2.45, 2.75) is 43.1 Å². The standard InChI is InChI=1S/C15H15F3N4O2S/c16-15(17,18)11-7-3-4-8-12(11)24-13(23)9-25-14-19-20-21-22(14)10-5-1-2-6-10/h3-4,7-8,10H,1-2,5-6,9H2. The summed E-state index contributed by atoms with van der Waals surface area (Å²) in [6.07, 6.45) is -0.434. The third-order valence-electron chi connectivity index (χ3n) is 3.87. The molecule has 1 fully saturated rings. The van der Waals surface area contributed by atoms with Crippen LogP contribution in [0.3, 0.4) is 0 Å². The van der Waals surface area contributed by atoms with E-state index in [9.17, 15) is 18.0 Å². The Balaban J connectivity index is 1.62. The lowest BCUT2D eigenvalue weighted by atomic mass is 10.2. The normalized spacial score (nSPS) is 15.5. The number of aromatic nitrogens is 4. The number of carbonyl (C=O) groups is 1. The summed E-state index contributed by atoms with van der Waals surface area (Å²) in [6.45, 7) is 0. The SMILES string of the molecule is O=C(CSc1nnnn1C1CCCC1)Oc1ccccc1C(F)(F)F. The van der Waals surface area contributed by atoms with E-state index in [1.54, 1.807) is 4.68 Å². The first-order valence-electron chi connectivity index (χ1n) is 7.72. The molecule has 10 heteroatoms. The van der Waals surface area contributed by atoms with Gasteiger partial charge >= 0.3 is 12.1 Å². The van der Waals surface area contributed by atoms with Gasteiger partial charge in [-0.05, 0) is 35.4 Å². The van der Waals surface area contributed by atoms with Gasteiger partial charge in [0.25, 0.3) is 0 Å². The third-order valence-corrected chi connectivity index (χ3v) is 4.78. The summed E-state index contributed by atoms with van der Waals surface area (Å²) in [5.74, 6) is -1.47. The first-order valence-corrected chi connectivity index (χ1v) is 8.71. The predicted octanol–water partition coefficient (Wildman–Crippen LogP) is 3.50. The van der Waals surface area contributed by atoms with Crippen LogP contribution in [0.5, 0.6) is 5.75 Å². The van der Waals surface area contributed by atoms with Crippen LogP contribution in [0.15, 0.2) is 29.4 Å². The predicted molar refractivity (Wildman–Crippen MR) is 83.1 cm³/mol. The van der Waals surface area contributed by atoms with Crippen LogP contribution in [0.25, 0.3) is 0 Å². The number of thioether (sulfide) groups is 1. The lowest BCUT2D eigenvalue weighted by Gasteiger charge is -2.13. The van der Waals surface area contributed by atoms with E-state index in [4.69, 9.17) is 4.74 Å². The van der Waals surface area contributed by atoms with Gasteiger partial charge in [0.1, 0.15) is 5.75 Å². The second-order valence-electron chi connectivity index (χ2n) is 5.60. The van der Waals surface area contributed by atoms with Gasteiger partial charge in [0.2, 0.25) is 5.16 Å². The number of carbonyl (C=O) groups excluding carboxylic acids is 1. The third kappa shape index (κ3) is 4.30.